The molecule has 1 aromatic heterocycles. The van der Waals surface area contributed by atoms with Gasteiger partial charge in [0.25, 0.3) is 0 Å². The molecule has 0 atom stereocenters. The van der Waals surface area contributed by atoms with Crippen LogP contribution in [0.4, 0.5) is 5.69 Å². The summed E-state index contributed by atoms with van der Waals surface area (Å²) in [6, 6.07) is 12.5. The van der Waals surface area contributed by atoms with Crippen molar-refractivity contribution in [2.24, 2.45) is 0 Å². The predicted octanol–water partition coefficient (Wildman–Crippen LogP) is 3.92. The fourth-order valence-electron chi connectivity index (χ4n) is 2.56. The first kappa shape index (κ1) is 12.7. The van der Waals surface area contributed by atoms with Crippen molar-refractivity contribution in [3.05, 3.63) is 47.5 Å². The molecule has 0 aliphatic rings. The summed E-state index contributed by atoms with van der Waals surface area (Å²) in [5.74, 6) is 0.986. The van der Waals surface area contributed by atoms with E-state index in [4.69, 9.17) is 10.7 Å². The second-order valence-corrected chi connectivity index (χ2v) is 5.24. The van der Waals surface area contributed by atoms with E-state index in [1.807, 2.05) is 13.0 Å². The van der Waals surface area contributed by atoms with Crippen LogP contribution in [0.15, 0.2) is 36.4 Å². The normalized spacial score (nSPS) is 11.2. The molecule has 1 heterocycles. The van der Waals surface area contributed by atoms with Crippen LogP contribution in [0.1, 0.15) is 18.1 Å². The van der Waals surface area contributed by atoms with E-state index in [1.54, 1.807) is 0 Å². The third-order valence-electron chi connectivity index (χ3n) is 3.76. The predicted molar refractivity (Wildman–Crippen MR) is 84.7 cm³/mol. The maximum atomic E-state index is 6.03. The highest BCUT2D eigenvalue weighted by atomic mass is 15.1. The molecule has 0 aliphatic carbocycles. The van der Waals surface area contributed by atoms with Gasteiger partial charge in [0.15, 0.2) is 0 Å². The van der Waals surface area contributed by atoms with Crippen molar-refractivity contribution >= 4 is 16.7 Å². The van der Waals surface area contributed by atoms with E-state index in [9.17, 15) is 0 Å². The number of nitrogens with two attached hydrogens (primary N) is 1. The van der Waals surface area contributed by atoms with Gasteiger partial charge in [-0.15, -0.1) is 0 Å². The minimum Gasteiger partial charge on any atom is -0.398 e. The number of rotatable bonds is 2. The molecule has 0 aliphatic heterocycles. The average molecular weight is 265 g/mol. The molecular weight excluding hydrogens is 246 g/mol. The zero-order valence-electron chi connectivity index (χ0n) is 12.1. The largest absolute Gasteiger partial charge is 0.398 e. The smallest absolute Gasteiger partial charge is 0.141 e. The summed E-state index contributed by atoms with van der Waals surface area (Å²) >= 11 is 0. The van der Waals surface area contributed by atoms with Gasteiger partial charge in [0.1, 0.15) is 5.82 Å². The minimum absolute atomic E-state index is 0.813. The Morgan fingerprint density at radius 2 is 1.90 bits per heavy atom. The fraction of sp³-hybridized carbons (Fsp3) is 0.235. The average Bonchev–Trinajstić information content (AvgIpc) is 2.79. The lowest BCUT2D eigenvalue weighted by atomic mass is 10.1. The Balaban J connectivity index is 2.26. The first-order valence-corrected chi connectivity index (χ1v) is 6.93. The van der Waals surface area contributed by atoms with E-state index in [1.165, 1.54) is 11.1 Å². The molecule has 0 bridgehead atoms. The molecule has 102 valence electrons. The molecular formula is C17H19N3. The van der Waals surface area contributed by atoms with E-state index in [0.29, 0.717) is 0 Å². The lowest BCUT2D eigenvalue weighted by molar-refractivity contribution is 0.796. The SMILES string of the molecule is CCn1c(-c2ccc(C)c(N)c2)nc2cc(C)ccc21. The zero-order chi connectivity index (χ0) is 14.3. The molecule has 3 nitrogen and oxygen atoms in total. The van der Waals surface area contributed by atoms with Crippen LogP contribution in [0.5, 0.6) is 0 Å². The van der Waals surface area contributed by atoms with Crippen LogP contribution in [0.25, 0.3) is 22.4 Å². The number of nitrogens with zero attached hydrogens (tertiary/aromatic N) is 2. The highest BCUT2D eigenvalue weighted by molar-refractivity contribution is 5.82. The molecule has 0 amide bonds. The summed E-state index contributed by atoms with van der Waals surface area (Å²) in [4.78, 5) is 4.79. The van der Waals surface area contributed by atoms with Crippen LogP contribution < -0.4 is 5.73 Å². The van der Waals surface area contributed by atoms with E-state index in [0.717, 1.165) is 34.7 Å². The third kappa shape index (κ3) is 1.95. The fourth-order valence-corrected chi connectivity index (χ4v) is 2.56. The molecule has 2 aromatic carbocycles. The standard InChI is InChI=1S/C17H19N3/c1-4-20-16-8-5-11(2)9-15(16)19-17(20)13-7-6-12(3)14(18)10-13/h5-10H,4,18H2,1-3H3. The molecule has 0 radical (unpaired) electrons. The highest BCUT2D eigenvalue weighted by Gasteiger charge is 2.12. The van der Waals surface area contributed by atoms with E-state index >= 15 is 0 Å². The van der Waals surface area contributed by atoms with Gasteiger partial charge in [-0.3, -0.25) is 0 Å². The van der Waals surface area contributed by atoms with E-state index < -0.39 is 0 Å². The number of hydrogen-bond acceptors (Lipinski definition) is 2. The van der Waals surface area contributed by atoms with Crippen molar-refractivity contribution in [2.45, 2.75) is 27.3 Å². The Labute approximate surface area is 119 Å². The molecule has 2 N–H and O–H groups in total. The number of anilines is 1. The number of imidazole rings is 1. The van der Waals surface area contributed by atoms with Gasteiger partial charge in [0, 0.05) is 17.8 Å². The Bertz CT molecular complexity index is 784. The van der Waals surface area contributed by atoms with Crippen molar-refractivity contribution in [1.29, 1.82) is 0 Å². The van der Waals surface area contributed by atoms with Crippen LogP contribution in [0.3, 0.4) is 0 Å². The summed E-state index contributed by atoms with van der Waals surface area (Å²) in [6.45, 7) is 7.14. The summed E-state index contributed by atoms with van der Waals surface area (Å²) < 4.78 is 2.24. The molecule has 3 rings (SSSR count). The monoisotopic (exact) mass is 265 g/mol. The summed E-state index contributed by atoms with van der Waals surface area (Å²) in [7, 11) is 0. The van der Waals surface area contributed by atoms with Crippen molar-refractivity contribution in [3.8, 4) is 11.4 Å². The number of fused-ring (bicyclic) bond motifs is 1. The molecule has 3 heteroatoms. The van der Waals surface area contributed by atoms with Gasteiger partial charge in [-0.25, -0.2) is 4.98 Å². The van der Waals surface area contributed by atoms with E-state index in [-0.39, 0.29) is 0 Å². The summed E-state index contributed by atoms with van der Waals surface area (Å²) in [6.07, 6.45) is 0. The van der Waals surface area contributed by atoms with Gasteiger partial charge in [-0.1, -0.05) is 18.2 Å². The van der Waals surface area contributed by atoms with Crippen LogP contribution in [0.2, 0.25) is 0 Å². The quantitative estimate of drug-likeness (QED) is 0.714. The van der Waals surface area contributed by atoms with Crippen molar-refractivity contribution in [3.63, 3.8) is 0 Å². The molecule has 0 saturated heterocycles. The number of aromatic nitrogens is 2. The van der Waals surface area contributed by atoms with Crippen LogP contribution in [0, 0.1) is 13.8 Å². The van der Waals surface area contributed by atoms with Crippen molar-refractivity contribution in [2.75, 3.05) is 5.73 Å². The molecule has 0 fully saturated rings. The van der Waals surface area contributed by atoms with Crippen molar-refractivity contribution < 1.29 is 0 Å². The Hall–Kier alpha value is -2.29. The molecule has 20 heavy (non-hydrogen) atoms. The minimum atomic E-state index is 0.813. The third-order valence-corrected chi connectivity index (χ3v) is 3.76. The van der Waals surface area contributed by atoms with Gasteiger partial charge < -0.3 is 10.3 Å². The number of aryl methyl sites for hydroxylation is 3. The maximum Gasteiger partial charge on any atom is 0.141 e. The molecule has 3 aromatic rings. The lowest BCUT2D eigenvalue weighted by Gasteiger charge is -2.08. The van der Waals surface area contributed by atoms with Crippen LogP contribution in [-0.4, -0.2) is 9.55 Å². The second-order valence-electron chi connectivity index (χ2n) is 5.24. The maximum absolute atomic E-state index is 6.03. The molecule has 0 saturated carbocycles. The summed E-state index contributed by atoms with van der Waals surface area (Å²) in [5, 5.41) is 0. The Kier molecular flexibility index (Phi) is 2.97. The first-order chi connectivity index (χ1) is 9.60. The number of hydrogen-bond donors (Lipinski definition) is 1. The van der Waals surface area contributed by atoms with Gasteiger partial charge in [0.05, 0.1) is 11.0 Å². The Morgan fingerprint density at radius 3 is 2.60 bits per heavy atom. The van der Waals surface area contributed by atoms with Gasteiger partial charge in [0.2, 0.25) is 0 Å². The van der Waals surface area contributed by atoms with Crippen molar-refractivity contribution in [1.82, 2.24) is 9.55 Å². The lowest BCUT2D eigenvalue weighted by Crippen LogP contribution is -1.98. The number of benzene rings is 2. The van der Waals surface area contributed by atoms with Crippen LogP contribution in [-0.2, 0) is 6.54 Å². The van der Waals surface area contributed by atoms with Crippen LogP contribution >= 0.6 is 0 Å². The first-order valence-electron chi connectivity index (χ1n) is 6.93. The summed E-state index contributed by atoms with van der Waals surface area (Å²) in [5.41, 5.74) is 12.5. The second kappa shape index (κ2) is 4.67. The van der Waals surface area contributed by atoms with Gasteiger partial charge in [-0.2, -0.15) is 0 Å². The van der Waals surface area contributed by atoms with E-state index in [2.05, 4.69) is 48.7 Å². The van der Waals surface area contributed by atoms with Gasteiger partial charge in [-0.05, 0) is 50.1 Å². The molecule has 0 spiro atoms. The highest BCUT2D eigenvalue weighted by Crippen LogP contribution is 2.27. The molecule has 0 unspecified atom stereocenters. The zero-order valence-corrected chi connectivity index (χ0v) is 12.1. The Morgan fingerprint density at radius 1 is 1.10 bits per heavy atom. The van der Waals surface area contributed by atoms with Gasteiger partial charge >= 0.3 is 0 Å². The topological polar surface area (TPSA) is 43.8 Å². The number of nitrogen functional groups attached to an aromatic ring is 1.